The van der Waals surface area contributed by atoms with Crippen LogP contribution in [0.5, 0.6) is 0 Å². The van der Waals surface area contributed by atoms with Crippen LogP contribution in [0.3, 0.4) is 0 Å². The largest absolute Gasteiger partial charge is 0.391 e. The lowest BCUT2D eigenvalue weighted by Gasteiger charge is -2.20. The van der Waals surface area contributed by atoms with E-state index in [1.807, 2.05) is 46.9 Å². The number of aromatic nitrogens is 2. The lowest BCUT2D eigenvalue weighted by Crippen LogP contribution is -2.32. The highest BCUT2D eigenvalue weighted by atomic mass is 19.1. The molecule has 3 aromatic rings. The third kappa shape index (κ3) is 3.99. The van der Waals surface area contributed by atoms with Gasteiger partial charge in [-0.2, -0.15) is 0 Å². The Kier molecular flexibility index (Phi) is 5.25. The maximum atomic E-state index is 14.7. The maximum Gasteiger partial charge on any atom is 0.177 e. The summed E-state index contributed by atoms with van der Waals surface area (Å²) < 4.78 is 18.7. The Morgan fingerprint density at radius 2 is 2.14 bits per heavy atom. The molecule has 1 saturated heterocycles. The molecule has 1 aliphatic heterocycles. The second kappa shape index (κ2) is 7.98. The number of hydrogen-bond acceptors (Lipinski definition) is 3. The van der Waals surface area contributed by atoms with Gasteiger partial charge in [0.2, 0.25) is 0 Å². The standard InChI is InChI=1S/C21H25FN5O/c1-26-10-7-20-17(13-26)6-11-27(20)14-16-3-2-15(12-19(16)22)21(23)25-28-18-4-8-24-9-5-18/h2-3,6-7,10-13,18,24H,4-5,8-9,14H2,1H3,(H2,23,25)/q+1. The summed E-state index contributed by atoms with van der Waals surface area (Å²) in [7, 11) is 1.98. The fourth-order valence-corrected chi connectivity index (χ4v) is 3.49. The molecule has 0 spiro atoms. The molecule has 0 radical (unpaired) electrons. The van der Waals surface area contributed by atoms with Crippen LogP contribution in [-0.4, -0.2) is 29.6 Å². The van der Waals surface area contributed by atoms with Crippen molar-refractivity contribution in [2.75, 3.05) is 13.1 Å². The second-order valence-electron chi connectivity index (χ2n) is 7.23. The van der Waals surface area contributed by atoms with Gasteiger partial charge in [-0.3, -0.25) is 0 Å². The second-order valence-corrected chi connectivity index (χ2v) is 7.23. The van der Waals surface area contributed by atoms with Crippen LogP contribution in [0, 0.1) is 5.82 Å². The summed E-state index contributed by atoms with van der Waals surface area (Å²) >= 11 is 0. The third-order valence-electron chi connectivity index (χ3n) is 5.13. The third-order valence-corrected chi connectivity index (χ3v) is 5.13. The van der Waals surface area contributed by atoms with E-state index >= 15 is 0 Å². The molecule has 4 rings (SSSR count). The van der Waals surface area contributed by atoms with E-state index < -0.39 is 0 Å². The quantitative estimate of drug-likeness (QED) is 0.307. The lowest BCUT2D eigenvalue weighted by atomic mass is 10.1. The zero-order valence-electron chi connectivity index (χ0n) is 15.9. The summed E-state index contributed by atoms with van der Waals surface area (Å²) in [5, 5.41) is 8.39. The molecule has 0 atom stereocenters. The van der Waals surface area contributed by atoms with E-state index in [2.05, 4.69) is 10.5 Å². The van der Waals surface area contributed by atoms with Crippen molar-refractivity contribution in [3.8, 4) is 0 Å². The number of rotatable bonds is 5. The topological polar surface area (TPSA) is 68.5 Å². The molecule has 146 valence electrons. The van der Waals surface area contributed by atoms with Crippen LogP contribution in [0.25, 0.3) is 10.9 Å². The van der Waals surface area contributed by atoms with Crippen LogP contribution in [-0.2, 0) is 18.4 Å². The van der Waals surface area contributed by atoms with E-state index in [1.54, 1.807) is 12.1 Å². The molecule has 7 heteroatoms. The predicted octanol–water partition coefficient (Wildman–Crippen LogP) is 2.04. The first-order valence-corrected chi connectivity index (χ1v) is 9.53. The molecular formula is C21H25FN5O+. The number of nitrogens with one attached hydrogen (secondary N) is 1. The summed E-state index contributed by atoms with van der Waals surface area (Å²) in [5.74, 6) is -0.108. The van der Waals surface area contributed by atoms with Crippen molar-refractivity contribution in [2.45, 2.75) is 25.5 Å². The first kappa shape index (κ1) is 18.4. The van der Waals surface area contributed by atoms with Crippen LogP contribution in [0.2, 0.25) is 0 Å². The molecule has 6 nitrogen and oxygen atoms in total. The van der Waals surface area contributed by atoms with Gasteiger partial charge in [0.1, 0.15) is 19.0 Å². The minimum Gasteiger partial charge on any atom is -0.391 e. The van der Waals surface area contributed by atoms with Crippen LogP contribution < -0.4 is 15.6 Å². The average molecular weight is 382 g/mol. The number of fused-ring (bicyclic) bond motifs is 1. The fraction of sp³-hybridized carbons (Fsp3) is 0.333. The van der Waals surface area contributed by atoms with Gasteiger partial charge in [0.05, 0.1) is 17.4 Å². The van der Waals surface area contributed by atoms with Gasteiger partial charge >= 0.3 is 0 Å². The van der Waals surface area contributed by atoms with Gasteiger partial charge in [0.15, 0.2) is 18.2 Å². The Bertz CT molecular complexity index is 1010. The molecule has 0 bridgehead atoms. The number of amidine groups is 1. The molecule has 0 amide bonds. The molecule has 1 fully saturated rings. The number of halogens is 1. The molecule has 3 N–H and O–H groups in total. The molecule has 1 aromatic carbocycles. The molecule has 1 aliphatic rings. The van der Waals surface area contributed by atoms with E-state index in [1.165, 1.54) is 6.07 Å². The Morgan fingerprint density at radius 3 is 2.93 bits per heavy atom. The number of nitrogens with two attached hydrogens (primary N) is 1. The molecule has 0 saturated carbocycles. The van der Waals surface area contributed by atoms with Crippen molar-refractivity contribution in [3.63, 3.8) is 0 Å². The number of benzene rings is 1. The molecule has 0 aliphatic carbocycles. The van der Waals surface area contributed by atoms with Crippen molar-refractivity contribution in [1.82, 2.24) is 9.88 Å². The van der Waals surface area contributed by atoms with Crippen LogP contribution in [0.1, 0.15) is 24.0 Å². The molecule has 2 aromatic heterocycles. The smallest absolute Gasteiger partial charge is 0.177 e. The van der Waals surface area contributed by atoms with Crippen molar-refractivity contribution in [3.05, 3.63) is 65.9 Å². The van der Waals surface area contributed by atoms with Gasteiger partial charge in [-0.15, -0.1) is 0 Å². The van der Waals surface area contributed by atoms with Crippen LogP contribution in [0.4, 0.5) is 4.39 Å². The zero-order chi connectivity index (χ0) is 19.5. The van der Waals surface area contributed by atoms with Crippen molar-refractivity contribution in [2.24, 2.45) is 17.9 Å². The Labute approximate surface area is 163 Å². The predicted molar refractivity (Wildman–Crippen MR) is 106 cm³/mol. The monoisotopic (exact) mass is 382 g/mol. The van der Waals surface area contributed by atoms with Crippen molar-refractivity contribution < 1.29 is 13.8 Å². The fourth-order valence-electron chi connectivity index (χ4n) is 3.49. The molecule has 28 heavy (non-hydrogen) atoms. The number of nitrogens with zero attached hydrogens (tertiary/aromatic N) is 3. The highest BCUT2D eigenvalue weighted by molar-refractivity contribution is 5.97. The maximum absolute atomic E-state index is 14.7. The summed E-state index contributed by atoms with van der Waals surface area (Å²) in [4.78, 5) is 5.51. The summed E-state index contributed by atoms with van der Waals surface area (Å²) in [5.41, 5.74) is 8.18. The first-order valence-electron chi connectivity index (χ1n) is 9.53. The van der Waals surface area contributed by atoms with Crippen molar-refractivity contribution in [1.29, 1.82) is 0 Å². The van der Waals surface area contributed by atoms with Crippen LogP contribution in [0.15, 0.2) is 54.1 Å². The molecular weight excluding hydrogens is 357 g/mol. The highest BCUT2D eigenvalue weighted by Gasteiger charge is 2.15. The van der Waals surface area contributed by atoms with Gasteiger partial charge in [-0.1, -0.05) is 17.3 Å². The normalized spacial score (nSPS) is 15.9. The SMILES string of the molecule is C[n+]1ccc2c(ccn2Cc2ccc(C(N)=NOC3CCNCC3)cc2F)c1. The van der Waals surface area contributed by atoms with Gasteiger partial charge in [-0.25, -0.2) is 8.96 Å². The Balaban J connectivity index is 1.49. The summed E-state index contributed by atoms with van der Waals surface area (Å²) in [6.07, 6.45) is 7.86. The Hall–Kier alpha value is -2.93. The summed E-state index contributed by atoms with van der Waals surface area (Å²) in [6.45, 7) is 2.28. The highest BCUT2D eigenvalue weighted by Crippen LogP contribution is 2.18. The number of oxime groups is 1. The van der Waals surface area contributed by atoms with Crippen molar-refractivity contribution >= 4 is 16.7 Å². The number of piperidine rings is 1. The van der Waals surface area contributed by atoms with E-state index in [-0.39, 0.29) is 17.8 Å². The van der Waals surface area contributed by atoms with E-state index in [4.69, 9.17) is 10.6 Å². The number of aryl methyl sites for hydroxylation is 1. The minimum atomic E-state index is -0.305. The Morgan fingerprint density at radius 1 is 1.32 bits per heavy atom. The summed E-state index contributed by atoms with van der Waals surface area (Å²) in [6, 6.07) is 9.03. The average Bonchev–Trinajstić information content (AvgIpc) is 3.10. The molecule has 0 unspecified atom stereocenters. The zero-order valence-corrected chi connectivity index (χ0v) is 15.9. The molecule has 3 heterocycles. The van der Waals surface area contributed by atoms with Crippen LogP contribution >= 0.6 is 0 Å². The number of pyridine rings is 1. The van der Waals surface area contributed by atoms with Gasteiger partial charge in [0.25, 0.3) is 0 Å². The van der Waals surface area contributed by atoms with Gasteiger partial charge < -0.3 is 20.5 Å². The van der Waals surface area contributed by atoms with E-state index in [0.717, 1.165) is 36.8 Å². The van der Waals surface area contributed by atoms with Gasteiger partial charge in [0, 0.05) is 23.4 Å². The lowest BCUT2D eigenvalue weighted by molar-refractivity contribution is -0.670. The van der Waals surface area contributed by atoms with E-state index in [9.17, 15) is 4.39 Å². The van der Waals surface area contributed by atoms with E-state index in [0.29, 0.717) is 17.7 Å². The van der Waals surface area contributed by atoms with Gasteiger partial charge in [-0.05, 0) is 38.1 Å². The number of hydrogen-bond donors (Lipinski definition) is 2. The first-order chi connectivity index (χ1) is 13.6. The minimum absolute atomic E-state index is 0.0627.